The minimum absolute atomic E-state index is 0.282. The van der Waals surface area contributed by atoms with Crippen molar-refractivity contribution in [3.05, 3.63) is 35.6 Å². The van der Waals surface area contributed by atoms with Crippen LogP contribution in [-0.2, 0) is 4.79 Å². The summed E-state index contributed by atoms with van der Waals surface area (Å²) in [7, 11) is 0. The Kier molecular flexibility index (Phi) is 2.90. The third kappa shape index (κ3) is 2.21. The topological polar surface area (TPSA) is 34.1 Å². The van der Waals surface area contributed by atoms with Crippen LogP contribution < -0.4 is 0 Å². The molecule has 0 bridgehead atoms. The van der Waals surface area contributed by atoms with Crippen LogP contribution in [0, 0.1) is 11.7 Å². The Morgan fingerprint density at radius 1 is 1.38 bits per heavy atom. The third-order valence-corrected chi connectivity index (χ3v) is 1.75. The van der Waals surface area contributed by atoms with Crippen LogP contribution in [0.4, 0.5) is 4.39 Å². The maximum Gasteiger partial charge on any atom is 0.172 e. The summed E-state index contributed by atoms with van der Waals surface area (Å²) in [6.07, 6.45) is 0.575. The number of carbonyl (C=O) groups excluding carboxylic acids is 2. The molecule has 0 N–H and O–H groups in total. The molecule has 1 rings (SSSR count). The van der Waals surface area contributed by atoms with Gasteiger partial charge in [-0.05, 0) is 31.2 Å². The Labute approximate surface area is 75.4 Å². The molecule has 0 aliphatic rings. The van der Waals surface area contributed by atoms with Crippen molar-refractivity contribution in [3.8, 4) is 0 Å². The molecule has 2 nitrogen and oxygen atoms in total. The van der Waals surface area contributed by atoms with Gasteiger partial charge in [-0.2, -0.15) is 0 Å². The predicted molar refractivity (Wildman–Crippen MR) is 46.0 cm³/mol. The highest BCUT2D eigenvalue weighted by atomic mass is 19.1. The molecule has 1 aromatic carbocycles. The van der Waals surface area contributed by atoms with Crippen LogP contribution in [0.1, 0.15) is 17.3 Å². The van der Waals surface area contributed by atoms with E-state index < -0.39 is 11.7 Å². The van der Waals surface area contributed by atoms with Gasteiger partial charge in [0.2, 0.25) is 0 Å². The van der Waals surface area contributed by atoms with E-state index in [1.807, 2.05) is 0 Å². The molecule has 1 aromatic rings. The highest BCUT2D eigenvalue weighted by Gasteiger charge is 2.13. The average Bonchev–Trinajstić information content (AvgIpc) is 2.17. The molecule has 68 valence electrons. The van der Waals surface area contributed by atoms with Gasteiger partial charge in [0.25, 0.3) is 0 Å². The smallest absolute Gasteiger partial charge is 0.172 e. The van der Waals surface area contributed by atoms with E-state index in [9.17, 15) is 14.0 Å². The number of hydrogen-bond donors (Lipinski definition) is 0. The highest BCUT2D eigenvalue weighted by Crippen LogP contribution is 2.08. The van der Waals surface area contributed by atoms with Crippen molar-refractivity contribution in [1.82, 2.24) is 0 Å². The average molecular weight is 180 g/mol. The fourth-order valence-corrected chi connectivity index (χ4v) is 0.939. The summed E-state index contributed by atoms with van der Waals surface area (Å²) in [6, 6.07) is 5.14. The Morgan fingerprint density at radius 3 is 2.38 bits per heavy atom. The van der Waals surface area contributed by atoms with Crippen molar-refractivity contribution < 1.29 is 14.0 Å². The van der Waals surface area contributed by atoms with Gasteiger partial charge >= 0.3 is 0 Å². The SMILES string of the molecule is CC(C=O)C(=O)c1ccc(F)cc1. The molecule has 0 saturated carbocycles. The van der Waals surface area contributed by atoms with E-state index >= 15 is 0 Å². The molecule has 1 unspecified atom stereocenters. The molecule has 13 heavy (non-hydrogen) atoms. The molecule has 0 saturated heterocycles. The lowest BCUT2D eigenvalue weighted by molar-refractivity contribution is -0.109. The Hall–Kier alpha value is -1.51. The van der Waals surface area contributed by atoms with Gasteiger partial charge in [0.15, 0.2) is 5.78 Å². The molecule has 0 heterocycles. The van der Waals surface area contributed by atoms with Gasteiger partial charge in [-0.3, -0.25) is 4.79 Å². The monoisotopic (exact) mass is 180 g/mol. The second-order valence-electron chi connectivity index (χ2n) is 2.80. The summed E-state index contributed by atoms with van der Waals surface area (Å²) in [6.45, 7) is 1.51. The van der Waals surface area contributed by atoms with E-state index in [-0.39, 0.29) is 5.78 Å². The van der Waals surface area contributed by atoms with Crippen LogP contribution in [0.3, 0.4) is 0 Å². The van der Waals surface area contributed by atoms with Crippen LogP contribution in [0.15, 0.2) is 24.3 Å². The molecule has 0 aliphatic carbocycles. The van der Waals surface area contributed by atoms with Crippen LogP contribution in [0.2, 0.25) is 0 Å². The molecular weight excluding hydrogens is 171 g/mol. The minimum atomic E-state index is -0.662. The number of carbonyl (C=O) groups is 2. The lowest BCUT2D eigenvalue weighted by atomic mass is 10.0. The summed E-state index contributed by atoms with van der Waals surface area (Å²) < 4.78 is 12.5. The van der Waals surface area contributed by atoms with Crippen molar-refractivity contribution in [1.29, 1.82) is 0 Å². The van der Waals surface area contributed by atoms with E-state index in [0.717, 1.165) is 0 Å². The van der Waals surface area contributed by atoms with Crippen LogP contribution >= 0.6 is 0 Å². The molecule has 3 heteroatoms. The first-order valence-electron chi connectivity index (χ1n) is 3.90. The standard InChI is InChI=1S/C10H9FO2/c1-7(6-12)10(13)8-2-4-9(11)5-3-8/h2-7H,1H3. The fourth-order valence-electron chi connectivity index (χ4n) is 0.939. The lowest BCUT2D eigenvalue weighted by Gasteiger charge is -2.01. The van der Waals surface area contributed by atoms with Crippen molar-refractivity contribution in [2.24, 2.45) is 5.92 Å². The third-order valence-electron chi connectivity index (χ3n) is 1.75. The Balaban J connectivity index is 2.89. The number of Topliss-reactive ketones (excluding diaryl/α,β-unsaturated/α-hetero) is 1. The van der Waals surface area contributed by atoms with E-state index in [2.05, 4.69) is 0 Å². The zero-order valence-electron chi connectivity index (χ0n) is 7.16. The number of benzene rings is 1. The lowest BCUT2D eigenvalue weighted by Crippen LogP contribution is -2.12. The molecule has 0 amide bonds. The number of aldehydes is 1. The van der Waals surface area contributed by atoms with Crippen molar-refractivity contribution in [2.45, 2.75) is 6.92 Å². The number of hydrogen-bond acceptors (Lipinski definition) is 2. The molecular formula is C10H9FO2. The van der Waals surface area contributed by atoms with Gasteiger partial charge in [-0.1, -0.05) is 0 Å². The van der Waals surface area contributed by atoms with Crippen molar-refractivity contribution in [3.63, 3.8) is 0 Å². The van der Waals surface area contributed by atoms with E-state index in [1.165, 1.54) is 31.2 Å². The van der Waals surface area contributed by atoms with E-state index in [0.29, 0.717) is 11.8 Å². The Bertz CT molecular complexity index is 316. The maximum atomic E-state index is 12.5. The van der Waals surface area contributed by atoms with Gasteiger partial charge < -0.3 is 4.79 Å². The number of halogens is 1. The molecule has 0 radical (unpaired) electrons. The first kappa shape index (κ1) is 9.58. The molecule has 0 spiro atoms. The summed E-state index contributed by atoms with van der Waals surface area (Å²) >= 11 is 0. The normalized spacial score (nSPS) is 12.2. The first-order chi connectivity index (χ1) is 6.15. The summed E-state index contributed by atoms with van der Waals surface area (Å²) in [5.41, 5.74) is 0.362. The maximum absolute atomic E-state index is 12.5. The summed E-state index contributed by atoms with van der Waals surface area (Å²) in [4.78, 5) is 21.6. The summed E-state index contributed by atoms with van der Waals surface area (Å²) in [5.74, 6) is -1.34. The highest BCUT2D eigenvalue weighted by molar-refractivity contribution is 6.04. The van der Waals surface area contributed by atoms with Gasteiger partial charge in [0.05, 0.1) is 5.92 Å². The second-order valence-corrected chi connectivity index (χ2v) is 2.80. The van der Waals surface area contributed by atoms with Crippen molar-refractivity contribution in [2.75, 3.05) is 0 Å². The molecule has 0 fully saturated rings. The first-order valence-corrected chi connectivity index (χ1v) is 3.90. The van der Waals surface area contributed by atoms with Crippen LogP contribution in [0.25, 0.3) is 0 Å². The van der Waals surface area contributed by atoms with Crippen LogP contribution in [-0.4, -0.2) is 12.1 Å². The molecule has 0 aliphatic heterocycles. The van der Waals surface area contributed by atoms with Gasteiger partial charge in [0.1, 0.15) is 12.1 Å². The summed E-state index contributed by atoms with van der Waals surface area (Å²) in [5, 5.41) is 0. The second kappa shape index (κ2) is 3.94. The zero-order valence-corrected chi connectivity index (χ0v) is 7.16. The number of ketones is 1. The number of rotatable bonds is 3. The quantitative estimate of drug-likeness (QED) is 0.404. The minimum Gasteiger partial charge on any atom is -0.303 e. The zero-order chi connectivity index (χ0) is 9.84. The van der Waals surface area contributed by atoms with E-state index in [4.69, 9.17) is 0 Å². The Morgan fingerprint density at radius 2 is 1.92 bits per heavy atom. The fraction of sp³-hybridized carbons (Fsp3) is 0.200. The van der Waals surface area contributed by atoms with E-state index in [1.54, 1.807) is 0 Å². The van der Waals surface area contributed by atoms with Gasteiger partial charge in [0, 0.05) is 5.56 Å². The van der Waals surface area contributed by atoms with Crippen LogP contribution in [0.5, 0.6) is 0 Å². The van der Waals surface area contributed by atoms with Gasteiger partial charge in [-0.15, -0.1) is 0 Å². The molecule has 1 atom stereocenters. The van der Waals surface area contributed by atoms with Crippen molar-refractivity contribution >= 4 is 12.1 Å². The predicted octanol–water partition coefficient (Wildman–Crippen LogP) is 1.84. The largest absolute Gasteiger partial charge is 0.303 e. The van der Waals surface area contributed by atoms with Gasteiger partial charge in [-0.25, -0.2) is 4.39 Å². The molecule has 0 aromatic heterocycles.